The average molecular weight is 956 g/mol. The summed E-state index contributed by atoms with van der Waals surface area (Å²) in [7, 11) is 8.29. The molecule has 0 radical (unpaired) electrons. The van der Waals surface area contributed by atoms with Crippen LogP contribution in [-0.4, -0.2) is 107 Å². The van der Waals surface area contributed by atoms with Crippen molar-refractivity contribution >= 4 is 40.5 Å². The standard InChI is InChI=1S/C27H35IN2O3.C24H47N3O/c1-19(17-25-11-8-16-29(25)4)18-30(28)20(2)26(23-9-6-5-7-10-23)33-27(32)24-14-12-22(13-15-24)21(3)31;1-13-17(5)15-19(7)23(18(6)14-2)27(12)24(28)21(9)25-20(8)22(16(3)4)26(10)11/h5-7,9-10,12-15,19-20,25-26H,8,11,16-18H2,1-4H3;16,18-19,21-23,25H,5,8,13-15H2,1-4,6-7,9-12H3/t19?,20?,25-,26?;18?,19?,21-,22?,23?/m10/s1. The van der Waals surface area contributed by atoms with Crippen LogP contribution in [0.1, 0.15) is 140 Å². The quantitative estimate of drug-likeness (QED) is 0.0388. The number of ketones is 1. The smallest absolute Gasteiger partial charge is 0.338 e. The minimum absolute atomic E-state index is 0.00259. The van der Waals surface area contributed by atoms with Crippen molar-refractivity contribution in [3.8, 4) is 0 Å². The highest BCUT2D eigenvalue weighted by Crippen LogP contribution is 2.31. The molecule has 1 saturated heterocycles. The largest absolute Gasteiger partial charge is 0.452 e. The minimum atomic E-state index is -0.399. The molecule has 9 nitrogen and oxygen atoms in total. The zero-order chi connectivity index (χ0) is 46.1. The van der Waals surface area contributed by atoms with Crippen molar-refractivity contribution in [2.75, 3.05) is 41.3 Å². The zero-order valence-corrected chi connectivity index (χ0v) is 42.5. The molecule has 1 aliphatic rings. The molecule has 7 unspecified atom stereocenters. The maximum absolute atomic E-state index is 13.2. The number of hydrogen-bond donors (Lipinski definition) is 1. The molecular formula is C51H82IN5O4. The first-order valence-corrected chi connectivity index (χ1v) is 23.7. The molecule has 2 aromatic rings. The first kappa shape index (κ1) is 54.1. The Kier molecular flexibility index (Phi) is 23.5. The first-order valence-electron chi connectivity index (χ1n) is 22.7. The number of amides is 1. The number of esters is 1. The molecule has 10 heteroatoms. The molecule has 0 aliphatic carbocycles. The van der Waals surface area contributed by atoms with Gasteiger partial charge in [0.1, 0.15) is 12.1 Å². The van der Waals surface area contributed by atoms with Crippen molar-refractivity contribution in [3.05, 3.63) is 95.7 Å². The van der Waals surface area contributed by atoms with Crippen molar-refractivity contribution in [2.45, 2.75) is 144 Å². The van der Waals surface area contributed by atoms with Crippen molar-refractivity contribution in [1.82, 2.24) is 23.1 Å². The minimum Gasteiger partial charge on any atom is -0.452 e. The molecule has 0 aromatic heterocycles. The fourth-order valence-corrected chi connectivity index (χ4v) is 9.98. The summed E-state index contributed by atoms with van der Waals surface area (Å²) >= 11 is 2.38. The predicted octanol–water partition coefficient (Wildman–Crippen LogP) is 10.9. The molecule has 2 aromatic carbocycles. The molecule has 3 rings (SSSR count). The number of likely N-dealkylation sites (tertiary alicyclic amines) is 1. The second-order valence-corrected chi connectivity index (χ2v) is 19.7. The summed E-state index contributed by atoms with van der Waals surface area (Å²) in [6.07, 6.45) is 6.37. The highest BCUT2D eigenvalue weighted by molar-refractivity contribution is 14.1. The Balaban J connectivity index is 0.000000427. The third kappa shape index (κ3) is 16.9. The van der Waals surface area contributed by atoms with E-state index in [9.17, 15) is 14.4 Å². The van der Waals surface area contributed by atoms with E-state index in [-0.39, 0.29) is 41.8 Å². The van der Waals surface area contributed by atoms with Gasteiger partial charge in [-0.3, -0.25) is 9.59 Å². The maximum Gasteiger partial charge on any atom is 0.338 e. The molecule has 0 saturated carbocycles. The number of allylic oxidation sites excluding steroid dienone is 1. The van der Waals surface area contributed by atoms with Gasteiger partial charge in [0, 0.05) is 59.8 Å². The number of halogens is 1. The third-order valence-electron chi connectivity index (χ3n) is 12.6. The van der Waals surface area contributed by atoms with E-state index < -0.39 is 6.10 Å². The Morgan fingerprint density at radius 2 is 1.49 bits per heavy atom. The summed E-state index contributed by atoms with van der Waals surface area (Å²) in [4.78, 5) is 44.4. The average Bonchev–Trinajstić information content (AvgIpc) is 3.62. The van der Waals surface area contributed by atoms with Crippen LogP contribution in [0, 0.1) is 23.7 Å². The Morgan fingerprint density at radius 1 is 0.902 bits per heavy atom. The van der Waals surface area contributed by atoms with E-state index in [0.717, 1.165) is 37.1 Å². The monoisotopic (exact) mass is 956 g/mol. The number of carbonyl (C=O) groups is 3. The van der Waals surface area contributed by atoms with Gasteiger partial charge in [-0.25, -0.2) is 7.91 Å². The summed E-state index contributed by atoms with van der Waals surface area (Å²) in [5.41, 5.74) is 4.17. The van der Waals surface area contributed by atoms with Gasteiger partial charge in [0.2, 0.25) is 5.91 Å². The second kappa shape index (κ2) is 26.5. The topological polar surface area (TPSA) is 85.4 Å². The summed E-state index contributed by atoms with van der Waals surface area (Å²) < 4.78 is 8.34. The van der Waals surface area contributed by atoms with E-state index in [1.54, 1.807) is 24.3 Å². The van der Waals surface area contributed by atoms with Crippen LogP contribution in [0.25, 0.3) is 0 Å². The van der Waals surface area contributed by atoms with Crippen molar-refractivity contribution in [3.63, 3.8) is 0 Å². The van der Waals surface area contributed by atoms with Crippen LogP contribution in [0.15, 0.2) is 79.0 Å². The van der Waals surface area contributed by atoms with Crippen molar-refractivity contribution in [1.29, 1.82) is 0 Å². The van der Waals surface area contributed by atoms with Gasteiger partial charge in [0.05, 0.1) is 17.6 Å². The summed E-state index contributed by atoms with van der Waals surface area (Å²) in [6.45, 7) is 31.6. The Hall–Kier alpha value is -3.06. The van der Waals surface area contributed by atoms with Crippen LogP contribution in [-0.2, 0) is 9.53 Å². The number of carbonyl (C=O) groups excluding carboxylic acids is 3. The lowest BCUT2D eigenvalue weighted by molar-refractivity contribution is -0.136. The molecule has 1 aliphatic heterocycles. The van der Waals surface area contributed by atoms with Gasteiger partial charge in [-0.05, 0) is 122 Å². The molecule has 61 heavy (non-hydrogen) atoms. The Bertz CT molecular complexity index is 1660. The van der Waals surface area contributed by atoms with E-state index in [0.29, 0.717) is 40.8 Å². The molecule has 342 valence electrons. The van der Waals surface area contributed by atoms with Crippen LogP contribution in [0.5, 0.6) is 0 Å². The molecule has 0 spiro atoms. The van der Waals surface area contributed by atoms with E-state index >= 15 is 0 Å². The van der Waals surface area contributed by atoms with Gasteiger partial charge < -0.3 is 24.8 Å². The van der Waals surface area contributed by atoms with E-state index in [1.165, 1.54) is 38.3 Å². The summed E-state index contributed by atoms with van der Waals surface area (Å²) in [5.74, 6) is 1.51. The molecule has 1 fully saturated rings. The number of nitrogens with zero attached hydrogens (tertiary/aromatic N) is 4. The lowest BCUT2D eigenvalue weighted by Crippen LogP contribution is -2.52. The summed E-state index contributed by atoms with van der Waals surface area (Å²) in [5, 5.41) is 3.38. The van der Waals surface area contributed by atoms with Gasteiger partial charge >= 0.3 is 5.97 Å². The molecular weight excluding hydrogens is 873 g/mol. The predicted molar refractivity (Wildman–Crippen MR) is 264 cm³/mol. The van der Waals surface area contributed by atoms with Gasteiger partial charge in [0.15, 0.2) is 5.78 Å². The summed E-state index contributed by atoms with van der Waals surface area (Å²) in [6, 6.07) is 17.4. The fourth-order valence-electron chi connectivity index (χ4n) is 9.01. The fraction of sp³-hybridized carbons (Fsp3) is 0.627. The van der Waals surface area contributed by atoms with Crippen LogP contribution < -0.4 is 5.32 Å². The highest BCUT2D eigenvalue weighted by atomic mass is 127. The number of benzene rings is 2. The van der Waals surface area contributed by atoms with Crippen LogP contribution >= 0.6 is 22.9 Å². The number of ether oxygens (including phenoxy) is 1. The van der Waals surface area contributed by atoms with Crippen molar-refractivity contribution in [2.24, 2.45) is 23.7 Å². The maximum atomic E-state index is 13.2. The van der Waals surface area contributed by atoms with E-state index in [2.05, 4.69) is 131 Å². The third-order valence-corrected chi connectivity index (χ3v) is 13.9. The molecule has 1 heterocycles. The highest BCUT2D eigenvalue weighted by Gasteiger charge is 2.33. The van der Waals surface area contributed by atoms with Crippen LogP contribution in [0.2, 0.25) is 0 Å². The Morgan fingerprint density at radius 3 is 1.98 bits per heavy atom. The lowest BCUT2D eigenvalue weighted by Gasteiger charge is -2.39. The van der Waals surface area contributed by atoms with Crippen LogP contribution in [0.4, 0.5) is 0 Å². The number of likely N-dealkylation sites (N-methyl/N-ethyl adjacent to an activating group) is 2. The van der Waals surface area contributed by atoms with Crippen molar-refractivity contribution < 1.29 is 19.1 Å². The molecule has 1 N–H and O–H groups in total. The van der Waals surface area contributed by atoms with Gasteiger partial charge in [-0.1, -0.05) is 116 Å². The van der Waals surface area contributed by atoms with Gasteiger partial charge in [-0.15, -0.1) is 0 Å². The normalized spacial score (nSPS) is 18.2. The SMILES string of the molecule is C=C(CC)CC(C)C(C(C)CC)N(C)C(=O)[C@H](C)NC(=C)C(C(C)C)N(C)C.CC(=O)c1ccc(C(=O)OC(c2ccccc2)C(C)N(I)CC(C)C[C@H]2CCCN2C)cc1. The number of rotatable bonds is 23. The number of Topliss-reactive ketones (excluding diaryl/α,β-unsaturated/α-hetero) is 1. The molecule has 0 bridgehead atoms. The number of hydrogen-bond acceptors (Lipinski definition) is 8. The zero-order valence-electron chi connectivity index (χ0n) is 40.3. The number of nitrogens with one attached hydrogen (secondary N) is 1. The van der Waals surface area contributed by atoms with Gasteiger partial charge in [-0.2, -0.15) is 0 Å². The molecule has 1 amide bonds. The lowest BCUT2D eigenvalue weighted by atomic mass is 9.83. The first-order chi connectivity index (χ1) is 28.6. The molecule has 9 atom stereocenters. The van der Waals surface area contributed by atoms with Gasteiger partial charge in [0.25, 0.3) is 0 Å². The second-order valence-electron chi connectivity index (χ2n) is 18.5. The van der Waals surface area contributed by atoms with Crippen LogP contribution in [0.3, 0.4) is 0 Å². The Labute approximate surface area is 385 Å². The van der Waals surface area contributed by atoms with E-state index in [4.69, 9.17) is 4.74 Å². The van der Waals surface area contributed by atoms with E-state index in [1.807, 2.05) is 49.2 Å².